The van der Waals surface area contributed by atoms with Crippen LogP contribution >= 0.6 is 0 Å². The molecule has 0 unspecified atom stereocenters. The summed E-state index contributed by atoms with van der Waals surface area (Å²) in [6, 6.07) is 17.5. The number of ether oxygens (including phenoxy) is 2. The van der Waals surface area contributed by atoms with E-state index in [-0.39, 0.29) is 6.79 Å². The summed E-state index contributed by atoms with van der Waals surface area (Å²) >= 11 is 0. The van der Waals surface area contributed by atoms with Gasteiger partial charge < -0.3 is 14.0 Å². The molecule has 0 spiro atoms. The maximum atomic E-state index is 5.64. The van der Waals surface area contributed by atoms with E-state index in [9.17, 15) is 0 Å². The van der Waals surface area contributed by atoms with E-state index in [0.29, 0.717) is 23.9 Å². The molecule has 6 nitrogen and oxygen atoms in total. The Morgan fingerprint density at radius 3 is 2.82 bits per heavy atom. The molecule has 2 fully saturated rings. The molecule has 3 atom stereocenters. The summed E-state index contributed by atoms with van der Waals surface area (Å²) in [6.45, 7) is 1.40. The fourth-order valence-corrected chi connectivity index (χ4v) is 4.98. The van der Waals surface area contributed by atoms with Crippen molar-refractivity contribution in [3.8, 4) is 23.0 Å². The van der Waals surface area contributed by atoms with Gasteiger partial charge in [-0.05, 0) is 49.6 Å². The molecule has 6 rings (SSSR count). The zero-order valence-corrected chi connectivity index (χ0v) is 15.5. The van der Waals surface area contributed by atoms with Crippen molar-refractivity contribution in [1.29, 1.82) is 0 Å². The number of hydrogen-bond acceptors (Lipinski definition) is 6. The Morgan fingerprint density at radius 1 is 1.00 bits per heavy atom. The van der Waals surface area contributed by atoms with Gasteiger partial charge in [-0.1, -0.05) is 35.5 Å². The molecule has 2 aromatic carbocycles. The maximum Gasteiger partial charge on any atom is 0.258 e. The van der Waals surface area contributed by atoms with Crippen LogP contribution in [0.5, 0.6) is 11.5 Å². The molecule has 0 aliphatic carbocycles. The Hall–Kier alpha value is -2.86. The highest BCUT2D eigenvalue weighted by Gasteiger charge is 2.46. The third-order valence-corrected chi connectivity index (χ3v) is 6.26. The molecule has 1 aromatic heterocycles. The smallest absolute Gasteiger partial charge is 0.258 e. The van der Waals surface area contributed by atoms with Crippen molar-refractivity contribution in [2.45, 2.75) is 37.3 Å². The normalized spacial score (nSPS) is 25.9. The van der Waals surface area contributed by atoms with Crippen molar-refractivity contribution in [3.05, 3.63) is 59.9 Å². The van der Waals surface area contributed by atoms with Gasteiger partial charge >= 0.3 is 0 Å². The van der Waals surface area contributed by atoms with Crippen molar-refractivity contribution in [1.82, 2.24) is 15.0 Å². The van der Waals surface area contributed by atoms with Crippen molar-refractivity contribution in [2.24, 2.45) is 0 Å². The number of hydrogen-bond donors (Lipinski definition) is 0. The Bertz CT molecular complexity index is 1000. The molecule has 6 heteroatoms. The molecule has 142 valence electrons. The van der Waals surface area contributed by atoms with E-state index < -0.39 is 0 Å². The molecule has 3 aromatic rings. The topological polar surface area (TPSA) is 60.6 Å². The number of fused-ring (bicyclic) bond motifs is 2. The summed E-state index contributed by atoms with van der Waals surface area (Å²) in [4.78, 5) is 7.41. The quantitative estimate of drug-likeness (QED) is 0.685. The van der Waals surface area contributed by atoms with E-state index >= 15 is 0 Å². The molecule has 3 aliphatic rings. The summed E-state index contributed by atoms with van der Waals surface area (Å²) in [7, 11) is 0. The van der Waals surface area contributed by atoms with Gasteiger partial charge in [0.05, 0.1) is 0 Å². The summed E-state index contributed by atoms with van der Waals surface area (Å²) in [6.07, 6.45) is 3.47. The molecular formula is C22H21N3O3. The van der Waals surface area contributed by atoms with E-state index in [2.05, 4.69) is 40.4 Å². The highest BCUT2D eigenvalue weighted by molar-refractivity contribution is 5.60. The summed E-state index contributed by atoms with van der Waals surface area (Å²) in [5, 5.41) is 4.37. The SMILES string of the molecule is c1ccc([C@H]2C[C@@H](c3noc(-c4ccc5c(c4)OCO5)n3)[C@@H]3CCCN23)cc1. The van der Waals surface area contributed by atoms with Crippen LogP contribution < -0.4 is 9.47 Å². The molecule has 4 heterocycles. The van der Waals surface area contributed by atoms with Gasteiger partial charge in [-0.3, -0.25) is 4.90 Å². The van der Waals surface area contributed by atoms with Gasteiger partial charge in [-0.15, -0.1) is 0 Å². The Balaban J connectivity index is 1.30. The Morgan fingerprint density at radius 2 is 1.89 bits per heavy atom. The third kappa shape index (κ3) is 2.52. The maximum absolute atomic E-state index is 5.64. The molecular weight excluding hydrogens is 354 g/mol. The predicted molar refractivity (Wildman–Crippen MR) is 102 cm³/mol. The van der Waals surface area contributed by atoms with Crippen LogP contribution in [-0.2, 0) is 0 Å². The predicted octanol–water partition coefficient (Wildman–Crippen LogP) is 4.16. The number of nitrogens with zero attached hydrogens (tertiary/aromatic N) is 3. The first-order valence-electron chi connectivity index (χ1n) is 9.91. The Kier molecular flexibility index (Phi) is 3.65. The van der Waals surface area contributed by atoms with E-state index in [4.69, 9.17) is 19.0 Å². The van der Waals surface area contributed by atoms with Gasteiger partial charge in [0.2, 0.25) is 6.79 Å². The number of rotatable bonds is 3. The van der Waals surface area contributed by atoms with E-state index in [1.165, 1.54) is 18.4 Å². The van der Waals surface area contributed by atoms with Gasteiger partial charge in [0.15, 0.2) is 17.3 Å². The molecule has 2 saturated heterocycles. The first kappa shape index (κ1) is 16.1. The second-order valence-electron chi connectivity index (χ2n) is 7.74. The van der Waals surface area contributed by atoms with Crippen molar-refractivity contribution >= 4 is 0 Å². The second kappa shape index (κ2) is 6.34. The van der Waals surface area contributed by atoms with Gasteiger partial charge in [0, 0.05) is 23.6 Å². The number of aromatic nitrogens is 2. The van der Waals surface area contributed by atoms with Crippen LogP contribution in [0.25, 0.3) is 11.5 Å². The largest absolute Gasteiger partial charge is 0.454 e. The average Bonchev–Trinajstić information content (AvgIpc) is 3.51. The Labute approximate surface area is 163 Å². The number of benzene rings is 2. The summed E-state index contributed by atoms with van der Waals surface area (Å²) in [5.74, 6) is 3.15. The molecule has 0 N–H and O–H groups in total. The lowest BCUT2D eigenvalue weighted by atomic mass is 9.94. The van der Waals surface area contributed by atoms with Gasteiger partial charge in [-0.2, -0.15) is 4.98 Å². The van der Waals surface area contributed by atoms with Gasteiger partial charge in [-0.25, -0.2) is 0 Å². The molecule has 3 aliphatic heterocycles. The highest BCUT2D eigenvalue weighted by atomic mass is 16.7. The first-order chi connectivity index (χ1) is 13.9. The van der Waals surface area contributed by atoms with Crippen LogP contribution in [0.3, 0.4) is 0 Å². The molecule has 28 heavy (non-hydrogen) atoms. The van der Waals surface area contributed by atoms with Crippen LogP contribution in [-0.4, -0.2) is 34.4 Å². The lowest BCUT2D eigenvalue weighted by Crippen LogP contribution is -2.27. The summed E-state index contributed by atoms with van der Waals surface area (Å²) in [5.41, 5.74) is 2.25. The fourth-order valence-electron chi connectivity index (χ4n) is 4.98. The van der Waals surface area contributed by atoms with Crippen LogP contribution in [0.4, 0.5) is 0 Å². The minimum atomic E-state index is 0.258. The molecule has 0 amide bonds. The zero-order valence-electron chi connectivity index (χ0n) is 15.5. The lowest BCUT2D eigenvalue weighted by molar-refractivity contribution is 0.174. The molecule has 0 bridgehead atoms. The van der Waals surface area contributed by atoms with E-state index in [0.717, 1.165) is 35.9 Å². The average molecular weight is 375 g/mol. The van der Waals surface area contributed by atoms with Gasteiger partial charge in [0.25, 0.3) is 5.89 Å². The minimum absolute atomic E-state index is 0.258. The van der Waals surface area contributed by atoms with Crippen LogP contribution in [0.1, 0.15) is 42.6 Å². The monoisotopic (exact) mass is 375 g/mol. The van der Waals surface area contributed by atoms with Crippen molar-refractivity contribution in [3.63, 3.8) is 0 Å². The molecule has 0 radical (unpaired) electrons. The second-order valence-corrected chi connectivity index (χ2v) is 7.74. The molecule has 0 saturated carbocycles. The van der Waals surface area contributed by atoms with Crippen LogP contribution in [0.15, 0.2) is 53.1 Å². The fraction of sp³-hybridized carbons (Fsp3) is 0.364. The van der Waals surface area contributed by atoms with Crippen molar-refractivity contribution < 1.29 is 14.0 Å². The standard InChI is InChI=1S/C22H21N3O3/c1-2-5-14(6-3-1)18-12-16(17-7-4-10-25(17)18)21-23-22(28-24-21)15-8-9-19-20(11-15)27-13-26-19/h1-3,5-6,8-9,11,16-18H,4,7,10,12-13H2/t16-,17+,18-/m1/s1. The third-order valence-electron chi connectivity index (χ3n) is 6.26. The zero-order chi connectivity index (χ0) is 18.5. The van der Waals surface area contributed by atoms with Crippen molar-refractivity contribution in [2.75, 3.05) is 13.3 Å². The summed E-state index contributed by atoms with van der Waals surface area (Å²) < 4.78 is 16.5. The van der Waals surface area contributed by atoms with Crippen LogP contribution in [0, 0.1) is 0 Å². The first-order valence-corrected chi connectivity index (χ1v) is 9.91. The van der Waals surface area contributed by atoms with E-state index in [1.807, 2.05) is 18.2 Å². The minimum Gasteiger partial charge on any atom is -0.454 e. The lowest BCUT2D eigenvalue weighted by Gasteiger charge is -2.24. The van der Waals surface area contributed by atoms with Crippen LogP contribution in [0.2, 0.25) is 0 Å². The highest BCUT2D eigenvalue weighted by Crippen LogP contribution is 2.48. The van der Waals surface area contributed by atoms with E-state index in [1.54, 1.807) is 0 Å². The van der Waals surface area contributed by atoms with Gasteiger partial charge in [0.1, 0.15) is 0 Å².